The Kier molecular flexibility index (Phi) is 4.02. The molecule has 0 aliphatic carbocycles. The zero-order chi connectivity index (χ0) is 12.3. The molecule has 0 fully saturated rings. The van der Waals surface area contributed by atoms with Crippen molar-refractivity contribution < 1.29 is 0 Å². The Bertz CT molecular complexity index is 499. The maximum atomic E-state index is 5.81. The standard InChI is InChI=1S/C13H12BrClN2/c1-17(13-6-5-12(15)8-16-13)9-10-3-2-4-11(14)7-10/h2-8H,9H2,1H3. The third kappa shape index (κ3) is 3.45. The average molecular weight is 312 g/mol. The molecule has 1 aromatic carbocycles. The molecular weight excluding hydrogens is 300 g/mol. The predicted molar refractivity (Wildman–Crippen MR) is 75.5 cm³/mol. The molecule has 0 saturated carbocycles. The monoisotopic (exact) mass is 310 g/mol. The molecule has 1 aromatic heterocycles. The van der Waals surface area contributed by atoms with Gasteiger partial charge in [0.15, 0.2) is 0 Å². The van der Waals surface area contributed by atoms with Crippen LogP contribution in [0.25, 0.3) is 0 Å². The van der Waals surface area contributed by atoms with Crippen LogP contribution in [0.4, 0.5) is 5.82 Å². The van der Waals surface area contributed by atoms with Gasteiger partial charge in [-0.1, -0.05) is 39.7 Å². The summed E-state index contributed by atoms with van der Waals surface area (Å²) in [5, 5.41) is 0.657. The summed E-state index contributed by atoms with van der Waals surface area (Å²) >= 11 is 9.28. The molecule has 0 amide bonds. The van der Waals surface area contributed by atoms with Gasteiger partial charge < -0.3 is 4.90 Å². The molecule has 0 radical (unpaired) electrons. The summed E-state index contributed by atoms with van der Waals surface area (Å²) in [6.45, 7) is 0.814. The lowest BCUT2D eigenvalue weighted by Crippen LogP contribution is -2.17. The van der Waals surface area contributed by atoms with Gasteiger partial charge in [0, 0.05) is 24.3 Å². The largest absolute Gasteiger partial charge is 0.355 e. The third-order valence-corrected chi connectivity index (χ3v) is 3.13. The second kappa shape index (κ2) is 5.52. The van der Waals surface area contributed by atoms with Gasteiger partial charge in [-0.05, 0) is 29.8 Å². The van der Waals surface area contributed by atoms with Crippen LogP contribution in [0.1, 0.15) is 5.56 Å². The Morgan fingerprint density at radius 1 is 1.29 bits per heavy atom. The Labute approximate surface area is 114 Å². The van der Waals surface area contributed by atoms with Crippen molar-refractivity contribution in [1.29, 1.82) is 0 Å². The number of anilines is 1. The lowest BCUT2D eigenvalue weighted by Gasteiger charge is -2.18. The maximum Gasteiger partial charge on any atom is 0.128 e. The van der Waals surface area contributed by atoms with Crippen molar-refractivity contribution in [3.63, 3.8) is 0 Å². The second-order valence-corrected chi connectivity index (χ2v) is 5.17. The summed E-state index contributed by atoms with van der Waals surface area (Å²) < 4.78 is 1.09. The van der Waals surface area contributed by atoms with Crippen LogP contribution in [-0.4, -0.2) is 12.0 Å². The summed E-state index contributed by atoms with van der Waals surface area (Å²) in [4.78, 5) is 6.36. The summed E-state index contributed by atoms with van der Waals surface area (Å²) in [7, 11) is 2.01. The second-order valence-electron chi connectivity index (χ2n) is 3.82. The third-order valence-electron chi connectivity index (χ3n) is 2.41. The van der Waals surface area contributed by atoms with E-state index in [1.165, 1.54) is 5.56 Å². The van der Waals surface area contributed by atoms with E-state index in [1.54, 1.807) is 6.20 Å². The van der Waals surface area contributed by atoms with E-state index >= 15 is 0 Å². The van der Waals surface area contributed by atoms with Crippen molar-refractivity contribution in [2.24, 2.45) is 0 Å². The van der Waals surface area contributed by atoms with E-state index in [4.69, 9.17) is 11.6 Å². The molecule has 0 saturated heterocycles. The van der Waals surface area contributed by atoms with E-state index in [0.29, 0.717) is 5.02 Å². The average Bonchev–Trinajstić information content (AvgIpc) is 2.29. The van der Waals surface area contributed by atoms with Gasteiger partial charge in [0.2, 0.25) is 0 Å². The Morgan fingerprint density at radius 2 is 2.12 bits per heavy atom. The van der Waals surface area contributed by atoms with Crippen LogP contribution >= 0.6 is 27.5 Å². The lowest BCUT2D eigenvalue weighted by molar-refractivity contribution is 0.897. The van der Waals surface area contributed by atoms with Crippen LogP contribution < -0.4 is 4.90 Å². The number of benzene rings is 1. The number of hydrogen-bond donors (Lipinski definition) is 0. The molecule has 17 heavy (non-hydrogen) atoms. The Morgan fingerprint density at radius 3 is 2.76 bits per heavy atom. The number of hydrogen-bond acceptors (Lipinski definition) is 2. The van der Waals surface area contributed by atoms with Crippen LogP contribution in [0.5, 0.6) is 0 Å². The van der Waals surface area contributed by atoms with Gasteiger partial charge in [-0.15, -0.1) is 0 Å². The molecule has 0 aliphatic heterocycles. The van der Waals surface area contributed by atoms with E-state index in [0.717, 1.165) is 16.8 Å². The number of aromatic nitrogens is 1. The van der Waals surface area contributed by atoms with Gasteiger partial charge in [-0.25, -0.2) is 4.98 Å². The summed E-state index contributed by atoms with van der Waals surface area (Å²) in [5.41, 5.74) is 1.23. The number of halogens is 2. The first kappa shape index (κ1) is 12.4. The number of pyridine rings is 1. The molecule has 2 aromatic rings. The Hall–Kier alpha value is -1.06. The van der Waals surface area contributed by atoms with Gasteiger partial charge in [-0.2, -0.15) is 0 Å². The smallest absolute Gasteiger partial charge is 0.128 e. The fraction of sp³-hybridized carbons (Fsp3) is 0.154. The van der Waals surface area contributed by atoms with E-state index in [2.05, 4.69) is 37.9 Å². The molecule has 1 heterocycles. The predicted octanol–water partition coefficient (Wildman–Crippen LogP) is 4.13. The number of rotatable bonds is 3. The first-order chi connectivity index (χ1) is 8.15. The van der Waals surface area contributed by atoms with Crippen LogP contribution in [0, 0.1) is 0 Å². The first-order valence-corrected chi connectivity index (χ1v) is 6.39. The minimum absolute atomic E-state index is 0.657. The van der Waals surface area contributed by atoms with Crippen LogP contribution in [0.15, 0.2) is 47.1 Å². The molecule has 4 heteroatoms. The lowest BCUT2D eigenvalue weighted by atomic mass is 10.2. The number of nitrogens with zero attached hydrogens (tertiary/aromatic N) is 2. The molecule has 88 valence electrons. The topological polar surface area (TPSA) is 16.1 Å². The minimum atomic E-state index is 0.657. The van der Waals surface area contributed by atoms with E-state index in [1.807, 2.05) is 31.3 Å². The fourth-order valence-electron chi connectivity index (χ4n) is 1.58. The highest BCUT2D eigenvalue weighted by Gasteiger charge is 2.03. The van der Waals surface area contributed by atoms with Gasteiger partial charge in [0.25, 0.3) is 0 Å². The van der Waals surface area contributed by atoms with Crippen LogP contribution in [0.3, 0.4) is 0 Å². The van der Waals surface area contributed by atoms with Crippen LogP contribution in [0.2, 0.25) is 5.02 Å². The SMILES string of the molecule is CN(Cc1cccc(Br)c1)c1ccc(Cl)cn1. The van der Waals surface area contributed by atoms with Gasteiger partial charge >= 0.3 is 0 Å². The molecule has 0 bridgehead atoms. The van der Waals surface area contributed by atoms with E-state index < -0.39 is 0 Å². The molecule has 2 rings (SSSR count). The highest BCUT2D eigenvalue weighted by Crippen LogP contribution is 2.17. The van der Waals surface area contributed by atoms with Crippen molar-refractivity contribution in [2.75, 3.05) is 11.9 Å². The minimum Gasteiger partial charge on any atom is -0.355 e. The van der Waals surface area contributed by atoms with E-state index in [-0.39, 0.29) is 0 Å². The normalized spacial score (nSPS) is 10.3. The van der Waals surface area contributed by atoms with Crippen molar-refractivity contribution in [1.82, 2.24) is 4.98 Å². The molecule has 0 aliphatic rings. The molecule has 0 atom stereocenters. The molecule has 0 spiro atoms. The van der Waals surface area contributed by atoms with Crippen molar-refractivity contribution in [2.45, 2.75) is 6.54 Å². The highest BCUT2D eigenvalue weighted by molar-refractivity contribution is 9.10. The zero-order valence-corrected chi connectivity index (χ0v) is 11.7. The van der Waals surface area contributed by atoms with Gasteiger partial charge in [0.1, 0.15) is 5.82 Å². The van der Waals surface area contributed by atoms with Gasteiger partial charge in [-0.3, -0.25) is 0 Å². The fourth-order valence-corrected chi connectivity index (χ4v) is 2.14. The molecule has 0 N–H and O–H groups in total. The van der Waals surface area contributed by atoms with Crippen molar-refractivity contribution >= 4 is 33.3 Å². The maximum absolute atomic E-state index is 5.81. The van der Waals surface area contributed by atoms with Gasteiger partial charge in [0.05, 0.1) is 5.02 Å². The molecule has 0 unspecified atom stereocenters. The summed E-state index contributed by atoms with van der Waals surface area (Å²) in [5.74, 6) is 0.911. The first-order valence-electron chi connectivity index (χ1n) is 5.22. The molecular formula is C13H12BrClN2. The Balaban J connectivity index is 2.11. The summed E-state index contributed by atoms with van der Waals surface area (Å²) in [6, 6.07) is 12.0. The molecule has 2 nitrogen and oxygen atoms in total. The van der Waals surface area contributed by atoms with E-state index in [9.17, 15) is 0 Å². The highest BCUT2D eigenvalue weighted by atomic mass is 79.9. The quantitative estimate of drug-likeness (QED) is 0.847. The van der Waals surface area contributed by atoms with Crippen molar-refractivity contribution in [3.8, 4) is 0 Å². The van der Waals surface area contributed by atoms with Crippen LogP contribution in [-0.2, 0) is 6.54 Å². The van der Waals surface area contributed by atoms with Crippen molar-refractivity contribution in [3.05, 3.63) is 57.7 Å². The summed E-state index contributed by atoms with van der Waals surface area (Å²) in [6.07, 6.45) is 1.66. The zero-order valence-electron chi connectivity index (χ0n) is 9.40.